The molecule has 0 aliphatic carbocycles. The number of benzene rings is 2. The molecule has 2 N–H and O–H groups in total. The third-order valence-electron chi connectivity index (χ3n) is 3.78. The number of aromatic amines is 1. The van der Waals surface area contributed by atoms with Crippen molar-refractivity contribution < 1.29 is 4.79 Å². The largest absolute Gasteiger partial charge is 0.355 e. The lowest BCUT2D eigenvalue weighted by molar-refractivity contribution is -0.118. The van der Waals surface area contributed by atoms with Gasteiger partial charge in [0.15, 0.2) is 5.82 Å². The topological polar surface area (TPSA) is 70.7 Å². The van der Waals surface area contributed by atoms with Crippen LogP contribution in [-0.4, -0.2) is 33.4 Å². The van der Waals surface area contributed by atoms with Gasteiger partial charge in [-0.2, -0.15) is 0 Å². The molecule has 3 aromatic rings. The monoisotopic (exact) mass is 352 g/mol. The van der Waals surface area contributed by atoms with Crippen molar-refractivity contribution in [3.63, 3.8) is 0 Å². The van der Waals surface area contributed by atoms with Crippen LogP contribution in [0.3, 0.4) is 0 Å². The van der Waals surface area contributed by atoms with Crippen molar-refractivity contribution in [2.45, 2.75) is 18.5 Å². The molecule has 0 aliphatic rings. The Morgan fingerprint density at radius 3 is 2.68 bits per heavy atom. The van der Waals surface area contributed by atoms with E-state index in [1.54, 1.807) is 0 Å². The number of hydrogen-bond donors (Lipinski definition) is 2. The summed E-state index contributed by atoms with van der Waals surface area (Å²) in [6, 6.07) is 18.1. The van der Waals surface area contributed by atoms with Crippen LogP contribution in [0.5, 0.6) is 0 Å². The van der Waals surface area contributed by atoms with Crippen molar-refractivity contribution in [2.24, 2.45) is 0 Å². The number of amides is 1. The maximum Gasteiger partial charge on any atom is 0.230 e. The third kappa shape index (κ3) is 4.93. The van der Waals surface area contributed by atoms with Crippen molar-refractivity contribution in [1.29, 1.82) is 0 Å². The van der Waals surface area contributed by atoms with Gasteiger partial charge in [0.1, 0.15) is 0 Å². The zero-order valence-corrected chi connectivity index (χ0v) is 14.8. The van der Waals surface area contributed by atoms with Gasteiger partial charge >= 0.3 is 0 Å². The van der Waals surface area contributed by atoms with E-state index in [1.165, 1.54) is 17.3 Å². The van der Waals surface area contributed by atoms with E-state index >= 15 is 0 Å². The Hall–Kier alpha value is -2.60. The lowest BCUT2D eigenvalue weighted by Gasteiger charge is -2.04. The molecule has 1 heterocycles. The second-order valence-corrected chi connectivity index (χ2v) is 6.60. The number of carbonyl (C=O) groups is 1. The lowest BCUT2D eigenvalue weighted by atomic mass is 10.1. The minimum Gasteiger partial charge on any atom is -0.355 e. The van der Waals surface area contributed by atoms with Crippen LogP contribution in [0.4, 0.5) is 0 Å². The van der Waals surface area contributed by atoms with E-state index in [1.807, 2.05) is 49.4 Å². The number of H-pyrrole nitrogens is 1. The summed E-state index contributed by atoms with van der Waals surface area (Å²) in [7, 11) is 0. The first-order valence-electron chi connectivity index (χ1n) is 8.14. The van der Waals surface area contributed by atoms with Gasteiger partial charge in [0.2, 0.25) is 11.1 Å². The molecule has 1 amide bonds. The van der Waals surface area contributed by atoms with Gasteiger partial charge in [-0.25, -0.2) is 4.98 Å². The molecule has 2 aromatic carbocycles. The van der Waals surface area contributed by atoms with E-state index in [4.69, 9.17) is 0 Å². The number of hydrogen-bond acceptors (Lipinski definition) is 4. The second-order valence-electron chi connectivity index (χ2n) is 5.66. The molecule has 3 rings (SSSR count). The van der Waals surface area contributed by atoms with Gasteiger partial charge in [-0.3, -0.25) is 9.89 Å². The van der Waals surface area contributed by atoms with Gasteiger partial charge in [0.05, 0.1) is 5.75 Å². The Morgan fingerprint density at radius 1 is 1.12 bits per heavy atom. The summed E-state index contributed by atoms with van der Waals surface area (Å²) < 4.78 is 0. The summed E-state index contributed by atoms with van der Waals surface area (Å²) in [6.07, 6.45) is 0.829. The molecule has 128 valence electrons. The van der Waals surface area contributed by atoms with Crippen LogP contribution >= 0.6 is 11.8 Å². The quantitative estimate of drug-likeness (QED) is 0.641. The van der Waals surface area contributed by atoms with Crippen LogP contribution in [-0.2, 0) is 11.2 Å². The summed E-state index contributed by atoms with van der Waals surface area (Å²) in [6.45, 7) is 2.66. The maximum absolute atomic E-state index is 11.9. The molecule has 0 atom stereocenters. The fraction of sp³-hybridized carbons (Fsp3) is 0.211. The number of thioether (sulfide) groups is 1. The van der Waals surface area contributed by atoms with E-state index in [-0.39, 0.29) is 5.91 Å². The van der Waals surface area contributed by atoms with Crippen LogP contribution in [0, 0.1) is 6.92 Å². The van der Waals surface area contributed by atoms with Gasteiger partial charge in [-0.15, -0.1) is 5.10 Å². The number of rotatable bonds is 7. The van der Waals surface area contributed by atoms with Crippen molar-refractivity contribution >= 4 is 17.7 Å². The van der Waals surface area contributed by atoms with Gasteiger partial charge in [0.25, 0.3) is 0 Å². The summed E-state index contributed by atoms with van der Waals surface area (Å²) in [5, 5.41) is 10.6. The number of nitrogens with zero attached hydrogens (tertiary/aromatic N) is 2. The zero-order chi connectivity index (χ0) is 17.5. The molecule has 0 fully saturated rings. The standard InChI is InChI=1S/C19H20N4OS/c1-14-7-5-6-10-16(14)18-21-19(23-22-18)25-13-17(24)20-12-11-15-8-3-2-4-9-15/h2-10H,11-13H2,1H3,(H,20,24)(H,21,22,23). The van der Waals surface area contributed by atoms with Crippen molar-refractivity contribution in [3.05, 3.63) is 65.7 Å². The van der Waals surface area contributed by atoms with Crippen LogP contribution in [0.1, 0.15) is 11.1 Å². The predicted octanol–water partition coefficient (Wildman–Crippen LogP) is 3.23. The Kier molecular flexibility index (Phi) is 5.85. The average Bonchev–Trinajstić information content (AvgIpc) is 3.10. The molecule has 0 unspecified atom stereocenters. The Morgan fingerprint density at radius 2 is 1.88 bits per heavy atom. The second kappa shape index (κ2) is 8.48. The first kappa shape index (κ1) is 17.2. The van der Waals surface area contributed by atoms with Gasteiger partial charge in [0, 0.05) is 12.1 Å². The normalized spacial score (nSPS) is 10.6. The fourth-order valence-corrected chi connectivity index (χ4v) is 3.07. The molecular weight excluding hydrogens is 332 g/mol. The first-order chi connectivity index (χ1) is 12.2. The molecule has 0 radical (unpaired) electrons. The number of nitrogens with one attached hydrogen (secondary N) is 2. The molecule has 0 bridgehead atoms. The number of aryl methyl sites for hydroxylation is 1. The van der Waals surface area contributed by atoms with Gasteiger partial charge in [-0.05, 0) is 24.5 Å². The van der Waals surface area contributed by atoms with E-state index in [2.05, 4.69) is 32.6 Å². The highest BCUT2D eigenvalue weighted by Crippen LogP contribution is 2.21. The summed E-state index contributed by atoms with van der Waals surface area (Å²) in [5.74, 6) is 1.02. The van der Waals surface area contributed by atoms with E-state index in [9.17, 15) is 4.79 Å². The summed E-state index contributed by atoms with van der Waals surface area (Å²) >= 11 is 1.33. The van der Waals surface area contributed by atoms with E-state index in [0.717, 1.165) is 23.4 Å². The maximum atomic E-state index is 11.9. The highest BCUT2D eigenvalue weighted by atomic mass is 32.2. The van der Waals surface area contributed by atoms with Crippen molar-refractivity contribution in [3.8, 4) is 11.4 Å². The highest BCUT2D eigenvalue weighted by Gasteiger charge is 2.10. The third-order valence-corrected chi connectivity index (χ3v) is 4.62. The Bertz CT molecular complexity index is 832. The van der Waals surface area contributed by atoms with Gasteiger partial charge < -0.3 is 5.32 Å². The van der Waals surface area contributed by atoms with Crippen LogP contribution in [0.15, 0.2) is 59.8 Å². The SMILES string of the molecule is Cc1ccccc1-c1nc(SCC(=O)NCCc2ccccc2)n[nH]1. The molecule has 0 saturated carbocycles. The Labute approximate surface area is 151 Å². The predicted molar refractivity (Wildman–Crippen MR) is 100 cm³/mol. The first-order valence-corrected chi connectivity index (χ1v) is 9.13. The van der Waals surface area contributed by atoms with Gasteiger partial charge in [-0.1, -0.05) is 66.4 Å². The smallest absolute Gasteiger partial charge is 0.230 e. The molecule has 0 saturated heterocycles. The minimum atomic E-state index is -0.0110. The summed E-state index contributed by atoms with van der Waals surface area (Å²) in [4.78, 5) is 16.4. The number of aromatic nitrogens is 3. The van der Waals surface area contributed by atoms with Crippen molar-refractivity contribution in [2.75, 3.05) is 12.3 Å². The Balaban J connectivity index is 1.46. The van der Waals surface area contributed by atoms with Crippen molar-refractivity contribution in [1.82, 2.24) is 20.5 Å². The summed E-state index contributed by atoms with van der Waals surface area (Å²) in [5.41, 5.74) is 3.37. The van der Waals surface area contributed by atoms with Crippen LogP contribution in [0.2, 0.25) is 0 Å². The molecule has 6 heteroatoms. The highest BCUT2D eigenvalue weighted by molar-refractivity contribution is 7.99. The van der Waals surface area contributed by atoms with Crippen LogP contribution in [0.25, 0.3) is 11.4 Å². The van der Waals surface area contributed by atoms with E-state index in [0.29, 0.717) is 17.5 Å². The molecule has 1 aromatic heterocycles. The molecule has 25 heavy (non-hydrogen) atoms. The fourth-order valence-electron chi connectivity index (χ4n) is 2.44. The molecule has 0 aliphatic heterocycles. The molecular formula is C19H20N4OS. The minimum absolute atomic E-state index is 0.0110. The van der Waals surface area contributed by atoms with Crippen LogP contribution < -0.4 is 5.32 Å². The lowest BCUT2D eigenvalue weighted by Crippen LogP contribution is -2.27. The van der Waals surface area contributed by atoms with E-state index < -0.39 is 0 Å². The average molecular weight is 352 g/mol. The molecule has 5 nitrogen and oxygen atoms in total. The number of carbonyl (C=O) groups excluding carboxylic acids is 1. The zero-order valence-electron chi connectivity index (χ0n) is 14.0. The molecule has 0 spiro atoms.